The lowest BCUT2D eigenvalue weighted by Gasteiger charge is -2.27. The number of nitrogens with zero attached hydrogens (tertiary/aromatic N) is 1. The van der Waals surface area contributed by atoms with Gasteiger partial charge in [-0.05, 0) is 43.9 Å². The molecule has 2 atom stereocenters. The molecule has 0 saturated carbocycles. The standard InChI is InChI=1S/C19H28ClN3O3S/c1-15-6-5-9-22(13-15)14-19(24)21-18-12-16(7-8-17(18)20)27(25,26)23-10-3-2-4-11-23/h7-8,12,15H,2-6,9-11,13-14H2,1H3,(H,21,24)/p+1/t15-/m1/s1. The molecule has 2 aliphatic heterocycles. The molecule has 2 N–H and O–H groups in total. The summed E-state index contributed by atoms with van der Waals surface area (Å²) in [6.07, 6.45) is 5.17. The lowest BCUT2D eigenvalue weighted by molar-refractivity contribution is -0.900. The molecule has 2 saturated heterocycles. The zero-order valence-corrected chi connectivity index (χ0v) is 17.4. The zero-order chi connectivity index (χ0) is 19.4. The van der Waals surface area contributed by atoms with Gasteiger partial charge >= 0.3 is 0 Å². The second-order valence-corrected chi connectivity index (χ2v) is 10.1. The first-order chi connectivity index (χ1) is 12.9. The summed E-state index contributed by atoms with van der Waals surface area (Å²) in [5.41, 5.74) is 0.365. The maximum absolute atomic E-state index is 12.9. The van der Waals surface area contributed by atoms with Gasteiger partial charge in [-0.3, -0.25) is 4.79 Å². The molecular weight excluding hydrogens is 386 g/mol. The van der Waals surface area contributed by atoms with Crippen molar-refractivity contribution in [2.45, 2.75) is 43.9 Å². The average Bonchev–Trinajstić information content (AvgIpc) is 2.64. The van der Waals surface area contributed by atoms with E-state index >= 15 is 0 Å². The minimum Gasteiger partial charge on any atom is -0.327 e. The second kappa shape index (κ2) is 8.90. The summed E-state index contributed by atoms with van der Waals surface area (Å²) in [7, 11) is -3.55. The van der Waals surface area contributed by atoms with Crippen molar-refractivity contribution in [3.05, 3.63) is 23.2 Å². The van der Waals surface area contributed by atoms with Gasteiger partial charge < -0.3 is 10.2 Å². The number of piperidine rings is 2. The second-order valence-electron chi connectivity index (χ2n) is 7.78. The number of hydrogen-bond donors (Lipinski definition) is 2. The van der Waals surface area contributed by atoms with Gasteiger partial charge in [-0.2, -0.15) is 4.31 Å². The maximum atomic E-state index is 12.9. The summed E-state index contributed by atoms with van der Waals surface area (Å²) < 4.78 is 27.2. The molecule has 1 aromatic carbocycles. The lowest BCUT2D eigenvalue weighted by Crippen LogP contribution is -3.14. The highest BCUT2D eigenvalue weighted by molar-refractivity contribution is 7.89. The van der Waals surface area contributed by atoms with Gasteiger partial charge in [0.05, 0.1) is 28.7 Å². The summed E-state index contributed by atoms with van der Waals surface area (Å²) in [4.78, 5) is 13.9. The third-order valence-electron chi connectivity index (χ3n) is 5.44. The molecule has 0 aliphatic carbocycles. The SMILES string of the molecule is C[C@@H]1CCC[NH+](CC(=O)Nc2cc(S(=O)(=O)N3CCCCC3)ccc2Cl)C1. The Bertz CT molecular complexity index is 778. The van der Waals surface area contributed by atoms with Crippen molar-refractivity contribution in [1.29, 1.82) is 0 Å². The fourth-order valence-corrected chi connectivity index (χ4v) is 5.70. The first-order valence-electron chi connectivity index (χ1n) is 9.79. The van der Waals surface area contributed by atoms with Gasteiger partial charge in [-0.25, -0.2) is 8.42 Å². The maximum Gasteiger partial charge on any atom is 0.279 e. The average molecular weight is 415 g/mol. The topological polar surface area (TPSA) is 70.9 Å². The number of benzene rings is 1. The predicted octanol–water partition coefficient (Wildman–Crippen LogP) is 1.77. The van der Waals surface area contributed by atoms with Crippen LogP contribution in [-0.2, 0) is 14.8 Å². The van der Waals surface area contributed by atoms with Gasteiger partial charge in [0.1, 0.15) is 0 Å². The number of anilines is 1. The Labute approximate surface area is 166 Å². The summed E-state index contributed by atoms with van der Waals surface area (Å²) >= 11 is 6.21. The monoisotopic (exact) mass is 414 g/mol. The van der Waals surface area contributed by atoms with Crippen LogP contribution in [0.1, 0.15) is 39.0 Å². The van der Waals surface area contributed by atoms with Crippen LogP contribution >= 0.6 is 11.6 Å². The summed E-state index contributed by atoms with van der Waals surface area (Å²) in [5.74, 6) is 0.497. The molecule has 0 aromatic heterocycles. The predicted molar refractivity (Wildman–Crippen MR) is 107 cm³/mol. The number of amides is 1. The van der Waals surface area contributed by atoms with E-state index in [-0.39, 0.29) is 10.8 Å². The van der Waals surface area contributed by atoms with Crippen LogP contribution in [0.15, 0.2) is 23.1 Å². The van der Waals surface area contributed by atoms with E-state index in [2.05, 4.69) is 12.2 Å². The third-order valence-corrected chi connectivity index (χ3v) is 7.66. The van der Waals surface area contributed by atoms with Crippen molar-refractivity contribution in [1.82, 2.24) is 4.31 Å². The number of carbonyl (C=O) groups excluding carboxylic acids is 1. The number of likely N-dealkylation sites (tertiary alicyclic amines) is 1. The van der Waals surface area contributed by atoms with Crippen molar-refractivity contribution in [2.24, 2.45) is 5.92 Å². The van der Waals surface area contributed by atoms with Crippen LogP contribution in [0, 0.1) is 5.92 Å². The van der Waals surface area contributed by atoms with E-state index in [0.29, 0.717) is 36.3 Å². The molecule has 1 unspecified atom stereocenters. The van der Waals surface area contributed by atoms with Crippen LogP contribution in [0.3, 0.4) is 0 Å². The summed E-state index contributed by atoms with van der Waals surface area (Å²) in [6, 6.07) is 4.54. The largest absolute Gasteiger partial charge is 0.327 e. The van der Waals surface area contributed by atoms with Crippen molar-refractivity contribution in [2.75, 3.05) is 38.0 Å². The molecule has 0 spiro atoms. The first kappa shape index (κ1) is 20.6. The Kier molecular flexibility index (Phi) is 6.78. The van der Waals surface area contributed by atoms with Gasteiger partial charge in [0.25, 0.3) is 5.91 Å². The highest BCUT2D eigenvalue weighted by Crippen LogP contribution is 2.28. The lowest BCUT2D eigenvalue weighted by atomic mass is 10.0. The highest BCUT2D eigenvalue weighted by atomic mass is 35.5. The smallest absolute Gasteiger partial charge is 0.279 e. The molecule has 150 valence electrons. The normalized spacial score (nSPS) is 24.5. The van der Waals surface area contributed by atoms with E-state index in [4.69, 9.17) is 11.6 Å². The van der Waals surface area contributed by atoms with E-state index in [0.717, 1.165) is 38.8 Å². The van der Waals surface area contributed by atoms with E-state index in [1.807, 2.05) is 0 Å². The number of sulfonamides is 1. The molecular formula is C19H29ClN3O3S+. The van der Waals surface area contributed by atoms with Crippen molar-refractivity contribution in [3.8, 4) is 0 Å². The molecule has 1 amide bonds. The van der Waals surface area contributed by atoms with Crippen LogP contribution in [0.2, 0.25) is 5.02 Å². The van der Waals surface area contributed by atoms with Crippen molar-refractivity contribution in [3.63, 3.8) is 0 Å². The van der Waals surface area contributed by atoms with Gasteiger partial charge in [0, 0.05) is 19.0 Å². The van der Waals surface area contributed by atoms with Gasteiger partial charge in [0.15, 0.2) is 6.54 Å². The highest BCUT2D eigenvalue weighted by Gasteiger charge is 2.27. The number of nitrogens with one attached hydrogen (secondary N) is 2. The van der Waals surface area contributed by atoms with E-state index in [1.54, 1.807) is 6.07 Å². The quantitative estimate of drug-likeness (QED) is 0.771. The van der Waals surface area contributed by atoms with E-state index < -0.39 is 10.0 Å². The summed E-state index contributed by atoms with van der Waals surface area (Å²) in [6.45, 7) is 5.67. The molecule has 2 fully saturated rings. The molecule has 2 heterocycles. The first-order valence-corrected chi connectivity index (χ1v) is 11.6. The molecule has 27 heavy (non-hydrogen) atoms. The number of hydrogen-bond acceptors (Lipinski definition) is 3. The summed E-state index contributed by atoms with van der Waals surface area (Å²) in [5, 5.41) is 3.16. The Morgan fingerprint density at radius 2 is 2.00 bits per heavy atom. The van der Waals surface area contributed by atoms with Crippen LogP contribution in [0.4, 0.5) is 5.69 Å². The van der Waals surface area contributed by atoms with Crippen molar-refractivity contribution >= 4 is 33.2 Å². The molecule has 6 nitrogen and oxygen atoms in total. The van der Waals surface area contributed by atoms with E-state index in [9.17, 15) is 13.2 Å². The van der Waals surface area contributed by atoms with Crippen LogP contribution < -0.4 is 10.2 Å². The van der Waals surface area contributed by atoms with Crippen LogP contribution in [-0.4, -0.2) is 51.4 Å². The fourth-order valence-electron chi connectivity index (χ4n) is 3.99. The van der Waals surface area contributed by atoms with Crippen LogP contribution in [0.5, 0.6) is 0 Å². The molecule has 3 rings (SSSR count). The molecule has 0 bridgehead atoms. The number of halogens is 1. The Balaban J connectivity index is 1.70. The molecule has 8 heteroatoms. The molecule has 2 aliphatic rings. The Morgan fingerprint density at radius 3 is 2.70 bits per heavy atom. The minimum atomic E-state index is -3.55. The molecule has 0 radical (unpaired) electrons. The minimum absolute atomic E-state index is 0.131. The molecule has 1 aromatic rings. The fraction of sp³-hybridized carbons (Fsp3) is 0.632. The number of rotatable bonds is 5. The van der Waals surface area contributed by atoms with Crippen molar-refractivity contribution < 1.29 is 18.1 Å². The van der Waals surface area contributed by atoms with Gasteiger partial charge in [0.2, 0.25) is 10.0 Å². The third kappa shape index (κ3) is 5.22. The van der Waals surface area contributed by atoms with Gasteiger partial charge in [-0.1, -0.05) is 24.9 Å². The van der Waals surface area contributed by atoms with Gasteiger partial charge in [-0.15, -0.1) is 0 Å². The van der Waals surface area contributed by atoms with Crippen LogP contribution in [0.25, 0.3) is 0 Å². The Hall–Kier alpha value is -1.15. The number of carbonyl (C=O) groups is 1. The number of quaternary nitrogens is 1. The van der Waals surface area contributed by atoms with E-state index in [1.165, 1.54) is 27.8 Å². The zero-order valence-electron chi connectivity index (χ0n) is 15.8. The Morgan fingerprint density at radius 1 is 1.26 bits per heavy atom.